The summed E-state index contributed by atoms with van der Waals surface area (Å²) in [5.74, 6) is -0.220. The van der Waals surface area contributed by atoms with Crippen molar-refractivity contribution in [1.82, 2.24) is 4.98 Å². The predicted molar refractivity (Wildman–Crippen MR) is 91.3 cm³/mol. The quantitative estimate of drug-likeness (QED) is 0.908. The molecule has 1 unspecified atom stereocenters. The van der Waals surface area contributed by atoms with Crippen molar-refractivity contribution in [3.8, 4) is 11.3 Å². The fraction of sp³-hybridized carbons (Fsp3) is 0.333. The molecule has 0 spiro atoms. The van der Waals surface area contributed by atoms with Gasteiger partial charge in [-0.1, -0.05) is 6.07 Å². The number of hydrogen-bond acceptors (Lipinski definition) is 4. The smallest absolute Gasteiger partial charge is 0.242 e. The van der Waals surface area contributed by atoms with Gasteiger partial charge < -0.3 is 11.1 Å². The molecule has 1 atom stereocenters. The van der Waals surface area contributed by atoms with E-state index in [4.69, 9.17) is 5.73 Å². The molecule has 0 bridgehead atoms. The van der Waals surface area contributed by atoms with Crippen LogP contribution in [-0.4, -0.2) is 16.9 Å². The first kappa shape index (κ1) is 17.6. The molecule has 0 aliphatic carbocycles. The van der Waals surface area contributed by atoms with Crippen LogP contribution in [0.4, 0.5) is 5.13 Å². The summed E-state index contributed by atoms with van der Waals surface area (Å²) in [6.45, 7) is 7.91. The van der Waals surface area contributed by atoms with Crippen molar-refractivity contribution in [1.29, 1.82) is 0 Å². The molecule has 4 nitrogen and oxygen atoms in total. The molecule has 0 saturated heterocycles. The first-order valence-electron chi connectivity index (χ1n) is 6.48. The number of nitrogens with zero attached hydrogens (tertiary/aromatic N) is 1. The van der Waals surface area contributed by atoms with Crippen LogP contribution >= 0.6 is 23.7 Å². The van der Waals surface area contributed by atoms with E-state index in [0.717, 1.165) is 11.3 Å². The number of halogens is 1. The van der Waals surface area contributed by atoms with Gasteiger partial charge in [-0.2, -0.15) is 0 Å². The third-order valence-corrected chi connectivity index (χ3v) is 4.02. The number of nitrogens with one attached hydrogen (secondary N) is 1. The highest BCUT2D eigenvalue weighted by Gasteiger charge is 2.12. The number of carbonyl (C=O) groups is 1. The number of amides is 1. The van der Waals surface area contributed by atoms with Crippen molar-refractivity contribution in [3.05, 3.63) is 34.2 Å². The molecule has 21 heavy (non-hydrogen) atoms. The van der Waals surface area contributed by atoms with Crippen LogP contribution in [0.1, 0.15) is 23.6 Å². The lowest BCUT2D eigenvalue weighted by atomic mass is 9.99. The van der Waals surface area contributed by atoms with E-state index in [9.17, 15) is 4.79 Å². The zero-order valence-corrected chi connectivity index (χ0v) is 14.2. The molecule has 1 aromatic carbocycles. The zero-order chi connectivity index (χ0) is 14.9. The van der Waals surface area contributed by atoms with E-state index < -0.39 is 6.04 Å². The van der Waals surface area contributed by atoms with Gasteiger partial charge in [-0.15, -0.1) is 23.7 Å². The Hall–Kier alpha value is -1.43. The van der Waals surface area contributed by atoms with Crippen LogP contribution in [0.25, 0.3) is 11.3 Å². The molecule has 114 valence electrons. The van der Waals surface area contributed by atoms with Crippen LogP contribution in [0, 0.1) is 20.8 Å². The second-order valence-electron chi connectivity index (χ2n) is 5.07. The third-order valence-electron chi connectivity index (χ3n) is 3.26. The van der Waals surface area contributed by atoms with Crippen LogP contribution in [0.5, 0.6) is 0 Å². The molecule has 0 aliphatic rings. The van der Waals surface area contributed by atoms with Gasteiger partial charge >= 0.3 is 0 Å². The minimum absolute atomic E-state index is 0. The molecule has 0 saturated carbocycles. The summed E-state index contributed by atoms with van der Waals surface area (Å²) in [5.41, 5.74) is 11.2. The van der Waals surface area contributed by atoms with E-state index in [1.54, 1.807) is 6.92 Å². The predicted octanol–water partition coefficient (Wildman–Crippen LogP) is 3.44. The highest BCUT2D eigenvalue weighted by Crippen LogP contribution is 2.29. The summed E-state index contributed by atoms with van der Waals surface area (Å²) < 4.78 is 0. The molecule has 2 rings (SSSR count). The monoisotopic (exact) mass is 325 g/mol. The summed E-state index contributed by atoms with van der Waals surface area (Å²) in [4.78, 5) is 16.0. The molecule has 0 fully saturated rings. The maximum absolute atomic E-state index is 11.6. The number of thiazole rings is 1. The molecule has 0 radical (unpaired) electrons. The minimum atomic E-state index is -0.536. The van der Waals surface area contributed by atoms with E-state index >= 15 is 0 Å². The largest absolute Gasteiger partial charge is 0.320 e. The minimum Gasteiger partial charge on any atom is -0.320 e. The zero-order valence-electron chi connectivity index (χ0n) is 12.6. The van der Waals surface area contributed by atoms with Crippen LogP contribution in [-0.2, 0) is 4.79 Å². The summed E-state index contributed by atoms with van der Waals surface area (Å²) in [5, 5.41) is 5.26. The Labute approximate surface area is 135 Å². The molecule has 1 amide bonds. The lowest BCUT2D eigenvalue weighted by Gasteiger charge is -2.07. The topological polar surface area (TPSA) is 68.0 Å². The maximum Gasteiger partial charge on any atom is 0.242 e. The molecule has 3 N–H and O–H groups in total. The number of aryl methyl sites for hydroxylation is 3. The summed E-state index contributed by atoms with van der Waals surface area (Å²) >= 11 is 1.41. The fourth-order valence-corrected chi connectivity index (χ4v) is 2.62. The van der Waals surface area contributed by atoms with Crippen molar-refractivity contribution in [2.75, 3.05) is 5.32 Å². The first-order chi connectivity index (χ1) is 9.38. The normalized spacial score (nSPS) is 11.7. The fourth-order valence-electron chi connectivity index (χ4n) is 1.91. The van der Waals surface area contributed by atoms with Gasteiger partial charge in [0.1, 0.15) is 0 Å². The SMILES string of the molecule is Cc1cc(C)c(-c2csc(NC(=O)C(C)N)n2)cc1C.Cl. The highest BCUT2D eigenvalue weighted by atomic mass is 35.5. The number of hydrogen-bond donors (Lipinski definition) is 2. The molecule has 1 heterocycles. The van der Waals surface area contributed by atoms with Gasteiger partial charge in [-0.3, -0.25) is 4.79 Å². The van der Waals surface area contributed by atoms with Crippen molar-refractivity contribution in [2.45, 2.75) is 33.7 Å². The first-order valence-corrected chi connectivity index (χ1v) is 7.36. The van der Waals surface area contributed by atoms with Crippen molar-refractivity contribution in [3.63, 3.8) is 0 Å². The molecule has 1 aromatic heterocycles. The molecule has 2 aromatic rings. The molecular formula is C15H20ClN3OS. The Morgan fingerprint density at radius 3 is 2.48 bits per heavy atom. The molecular weight excluding hydrogens is 306 g/mol. The van der Waals surface area contributed by atoms with Crippen molar-refractivity contribution in [2.24, 2.45) is 5.73 Å². The van der Waals surface area contributed by atoms with Crippen LogP contribution in [0.15, 0.2) is 17.5 Å². The van der Waals surface area contributed by atoms with E-state index in [1.807, 2.05) is 5.38 Å². The lowest BCUT2D eigenvalue weighted by Crippen LogP contribution is -2.32. The van der Waals surface area contributed by atoms with Gasteiger partial charge in [0.05, 0.1) is 11.7 Å². The Morgan fingerprint density at radius 2 is 1.86 bits per heavy atom. The van der Waals surface area contributed by atoms with Crippen LogP contribution in [0.2, 0.25) is 0 Å². The average molecular weight is 326 g/mol. The van der Waals surface area contributed by atoms with Crippen molar-refractivity contribution >= 4 is 34.8 Å². The second kappa shape index (κ2) is 7.02. The Balaban J connectivity index is 0.00000220. The number of rotatable bonds is 3. The number of aromatic nitrogens is 1. The number of nitrogens with two attached hydrogens (primary N) is 1. The van der Waals surface area contributed by atoms with Gasteiger partial charge in [0, 0.05) is 10.9 Å². The van der Waals surface area contributed by atoms with Gasteiger partial charge in [0.2, 0.25) is 5.91 Å². The standard InChI is InChI=1S/C15H19N3OS.ClH/c1-8-5-10(3)12(6-9(8)2)13-7-20-15(17-13)18-14(19)11(4)16;/h5-7,11H,16H2,1-4H3,(H,17,18,19);1H. The highest BCUT2D eigenvalue weighted by molar-refractivity contribution is 7.14. The maximum atomic E-state index is 11.6. The number of carbonyl (C=O) groups excluding carboxylic acids is 1. The van der Waals surface area contributed by atoms with E-state index in [2.05, 4.69) is 43.2 Å². The number of benzene rings is 1. The summed E-state index contributed by atoms with van der Waals surface area (Å²) in [6, 6.07) is 3.76. The van der Waals surface area contributed by atoms with Crippen LogP contribution < -0.4 is 11.1 Å². The Kier molecular flexibility index (Phi) is 5.89. The third kappa shape index (κ3) is 4.03. The second-order valence-corrected chi connectivity index (χ2v) is 5.93. The Morgan fingerprint density at radius 1 is 1.24 bits per heavy atom. The van der Waals surface area contributed by atoms with E-state index in [1.165, 1.54) is 28.0 Å². The average Bonchev–Trinajstić information content (AvgIpc) is 2.82. The Bertz CT molecular complexity index is 652. The van der Waals surface area contributed by atoms with Gasteiger partial charge in [-0.25, -0.2) is 4.98 Å². The van der Waals surface area contributed by atoms with Crippen LogP contribution in [0.3, 0.4) is 0 Å². The van der Waals surface area contributed by atoms with Gasteiger partial charge in [0.15, 0.2) is 5.13 Å². The molecule has 6 heteroatoms. The van der Waals surface area contributed by atoms with Crippen molar-refractivity contribution < 1.29 is 4.79 Å². The molecule has 0 aliphatic heterocycles. The van der Waals surface area contributed by atoms with Gasteiger partial charge in [-0.05, 0) is 50.5 Å². The van der Waals surface area contributed by atoms with E-state index in [0.29, 0.717) is 5.13 Å². The summed E-state index contributed by atoms with van der Waals surface area (Å²) in [7, 11) is 0. The van der Waals surface area contributed by atoms with E-state index in [-0.39, 0.29) is 18.3 Å². The number of anilines is 1. The lowest BCUT2D eigenvalue weighted by molar-refractivity contribution is -0.117. The summed E-state index contributed by atoms with van der Waals surface area (Å²) in [6.07, 6.45) is 0. The van der Waals surface area contributed by atoms with Gasteiger partial charge in [0.25, 0.3) is 0 Å².